The van der Waals surface area contributed by atoms with Crippen molar-refractivity contribution in [2.24, 2.45) is 5.92 Å². The van der Waals surface area contributed by atoms with Crippen LogP contribution in [0.15, 0.2) is 6.20 Å². The summed E-state index contributed by atoms with van der Waals surface area (Å²) in [7, 11) is 0. The fraction of sp³-hybridized carbons (Fsp3) is 0.667. The molecule has 0 spiro atoms. The van der Waals surface area contributed by atoms with Gasteiger partial charge in [-0.2, -0.15) is 17.7 Å². The van der Waals surface area contributed by atoms with Gasteiger partial charge in [0.05, 0.1) is 10.7 Å². The molecule has 0 aromatic carbocycles. The minimum Gasteiger partial charge on any atom is -0.271 e. The maximum Gasteiger partial charge on any atom is 0.0814 e. The number of rotatable bonds is 4. The van der Waals surface area contributed by atoms with E-state index in [-0.39, 0.29) is 0 Å². The Morgan fingerprint density at radius 3 is 2.77 bits per heavy atom. The van der Waals surface area contributed by atoms with Crippen LogP contribution in [0.3, 0.4) is 0 Å². The molecular formula is C9H15ClN2S. The summed E-state index contributed by atoms with van der Waals surface area (Å²) in [5.41, 5.74) is 0.899. The van der Waals surface area contributed by atoms with Crippen molar-refractivity contribution in [3.8, 4) is 0 Å². The summed E-state index contributed by atoms with van der Waals surface area (Å²) in [6.07, 6.45) is 3.00. The number of hydrogen-bond acceptors (Lipinski definition) is 2. The average Bonchev–Trinajstić information content (AvgIpc) is 2.42. The number of hydrogen-bond donors (Lipinski definition) is 1. The van der Waals surface area contributed by atoms with Gasteiger partial charge >= 0.3 is 0 Å². The molecular weight excluding hydrogens is 204 g/mol. The van der Waals surface area contributed by atoms with E-state index in [1.54, 1.807) is 0 Å². The third-order valence-corrected chi connectivity index (χ3v) is 3.05. The second-order valence-corrected chi connectivity index (χ2v) is 4.01. The summed E-state index contributed by atoms with van der Waals surface area (Å²) in [5, 5.41) is 5.04. The SMILES string of the molecule is CCC(CS)Cn1cc(Cl)c(C)n1. The predicted octanol–water partition coefficient (Wildman–Crippen LogP) is 2.80. The third kappa shape index (κ3) is 2.92. The van der Waals surface area contributed by atoms with E-state index in [9.17, 15) is 0 Å². The molecule has 0 aliphatic carbocycles. The van der Waals surface area contributed by atoms with Crippen LogP contribution in [0.2, 0.25) is 5.02 Å². The van der Waals surface area contributed by atoms with E-state index in [4.69, 9.17) is 11.6 Å². The van der Waals surface area contributed by atoms with Crippen LogP contribution in [0, 0.1) is 12.8 Å². The molecule has 1 unspecified atom stereocenters. The Morgan fingerprint density at radius 1 is 1.69 bits per heavy atom. The minimum atomic E-state index is 0.582. The van der Waals surface area contributed by atoms with Crippen molar-refractivity contribution in [1.29, 1.82) is 0 Å². The zero-order chi connectivity index (χ0) is 9.84. The minimum absolute atomic E-state index is 0.582. The first-order valence-corrected chi connectivity index (χ1v) is 5.48. The van der Waals surface area contributed by atoms with Crippen molar-refractivity contribution < 1.29 is 0 Å². The Bertz CT molecular complexity index is 249. The van der Waals surface area contributed by atoms with E-state index in [1.165, 1.54) is 0 Å². The fourth-order valence-electron chi connectivity index (χ4n) is 1.17. The average molecular weight is 219 g/mol. The van der Waals surface area contributed by atoms with Crippen LogP contribution in [-0.2, 0) is 6.54 Å². The highest BCUT2D eigenvalue weighted by molar-refractivity contribution is 7.80. The normalized spacial score (nSPS) is 13.2. The second-order valence-electron chi connectivity index (χ2n) is 3.24. The third-order valence-electron chi connectivity index (χ3n) is 2.17. The summed E-state index contributed by atoms with van der Waals surface area (Å²) in [6, 6.07) is 0. The monoisotopic (exact) mass is 218 g/mol. The van der Waals surface area contributed by atoms with Crippen molar-refractivity contribution in [3.63, 3.8) is 0 Å². The van der Waals surface area contributed by atoms with E-state index < -0.39 is 0 Å². The summed E-state index contributed by atoms with van der Waals surface area (Å²) >= 11 is 10.2. The molecule has 1 aromatic heterocycles. The van der Waals surface area contributed by atoms with Crippen molar-refractivity contribution in [2.45, 2.75) is 26.8 Å². The Morgan fingerprint density at radius 2 is 2.38 bits per heavy atom. The Labute approximate surface area is 89.7 Å². The van der Waals surface area contributed by atoms with E-state index in [0.29, 0.717) is 5.92 Å². The van der Waals surface area contributed by atoms with Crippen LogP contribution < -0.4 is 0 Å². The van der Waals surface area contributed by atoms with E-state index in [2.05, 4.69) is 24.7 Å². The van der Waals surface area contributed by atoms with Crippen molar-refractivity contribution in [1.82, 2.24) is 9.78 Å². The number of halogens is 1. The first-order chi connectivity index (χ1) is 6.17. The van der Waals surface area contributed by atoms with Gasteiger partial charge in [-0.05, 0) is 18.6 Å². The van der Waals surface area contributed by atoms with Crippen molar-refractivity contribution >= 4 is 24.2 Å². The molecule has 1 aromatic rings. The number of aryl methyl sites for hydroxylation is 1. The molecule has 74 valence electrons. The van der Waals surface area contributed by atoms with Gasteiger partial charge < -0.3 is 0 Å². The number of aromatic nitrogens is 2. The molecule has 0 aliphatic heterocycles. The van der Waals surface area contributed by atoms with E-state index >= 15 is 0 Å². The standard InChI is InChI=1S/C9H15ClN2S/c1-3-8(6-13)4-12-5-9(10)7(2)11-12/h5,8,13H,3-4,6H2,1-2H3. The highest BCUT2D eigenvalue weighted by Gasteiger charge is 2.07. The van der Waals surface area contributed by atoms with Crippen LogP contribution in [-0.4, -0.2) is 15.5 Å². The summed E-state index contributed by atoms with van der Waals surface area (Å²) < 4.78 is 1.90. The van der Waals surface area contributed by atoms with Gasteiger partial charge in [0, 0.05) is 12.7 Å². The van der Waals surface area contributed by atoms with Gasteiger partial charge in [-0.15, -0.1) is 0 Å². The van der Waals surface area contributed by atoms with Crippen LogP contribution in [0.1, 0.15) is 19.0 Å². The van der Waals surface area contributed by atoms with Crippen LogP contribution in [0.25, 0.3) is 0 Å². The first kappa shape index (κ1) is 10.9. The van der Waals surface area contributed by atoms with Gasteiger partial charge in [-0.3, -0.25) is 4.68 Å². The lowest BCUT2D eigenvalue weighted by Gasteiger charge is -2.10. The highest BCUT2D eigenvalue weighted by atomic mass is 35.5. The lowest BCUT2D eigenvalue weighted by Crippen LogP contribution is -2.11. The quantitative estimate of drug-likeness (QED) is 0.770. The molecule has 0 saturated carbocycles. The Kier molecular flexibility index (Phi) is 4.13. The molecule has 0 bridgehead atoms. The molecule has 1 atom stereocenters. The van der Waals surface area contributed by atoms with Gasteiger partial charge in [0.2, 0.25) is 0 Å². The van der Waals surface area contributed by atoms with Crippen LogP contribution >= 0.6 is 24.2 Å². The first-order valence-electron chi connectivity index (χ1n) is 4.47. The summed E-state index contributed by atoms with van der Waals surface area (Å²) in [6.45, 7) is 4.99. The number of thiol groups is 1. The van der Waals surface area contributed by atoms with Crippen molar-refractivity contribution in [2.75, 3.05) is 5.75 Å². The van der Waals surface area contributed by atoms with Gasteiger partial charge in [0.1, 0.15) is 0 Å². The van der Waals surface area contributed by atoms with Gasteiger partial charge in [-0.1, -0.05) is 24.9 Å². The Hall–Kier alpha value is -0.150. The lowest BCUT2D eigenvalue weighted by atomic mass is 10.1. The van der Waals surface area contributed by atoms with E-state index in [0.717, 1.165) is 29.4 Å². The molecule has 0 saturated heterocycles. The Balaban J connectivity index is 2.62. The molecule has 0 fully saturated rings. The van der Waals surface area contributed by atoms with Gasteiger partial charge in [-0.25, -0.2) is 0 Å². The molecule has 1 heterocycles. The smallest absolute Gasteiger partial charge is 0.0814 e. The molecule has 0 radical (unpaired) electrons. The zero-order valence-electron chi connectivity index (χ0n) is 8.00. The van der Waals surface area contributed by atoms with E-state index in [1.807, 2.05) is 17.8 Å². The predicted molar refractivity (Wildman–Crippen MR) is 59.6 cm³/mol. The molecule has 0 aliphatic rings. The molecule has 0 N–H and O–H groups in total. The molecule has 1 rings (SSSR count). The highest BCUT2D eigenvalue weighted by Crippen LogP contribution is 2.14. The summed E-state index contributed by atoms with van der Waals surface area (Å²) in [4.78, 5) is 0. The zero-order valence-corrected chi connectivity index (χ0v) is 9.65. The number of nitrogens with zero attached hydrogens (tertiary/aromatic N) is 2. The largest absolute Gasteiger partial charge is 0.271 e. The van der Waals surface area contributed by atoms with Crippen molar-refractivity contribution in [3.05, 3.63) is 16.9 Å². The lowest BCUT2D eigenvalue weighted by molar-refractivity contribution is 0.445. The maximum absolute atomic E-state index is 5.90. The topological polar surface area (TPSA) is 17.8 Å². The maximum atomic E-state index is 5.90. The fourth-order valence-corrected chi connectivity index (χ4v) is 1.69. The molecule has 2 nitrogen and oxygen atoms in total. The van der Waals surface area contributed by atoms with Crippen LogP contribution in [0.4, 0.5) is 0 Å². The van der Waals surface area contributed by atoms with Crippen LogP contribution in [0.5, 0.6) is 0 Å². The molecule has 0 amide bonds. The second kappa shape index (κ2) is 4.91. The van der Waals surface area contributed by atoms with Gasteiger partial charge in [0.15, 0.2) is 0 Å². The van der Waals surface area contributed by atoms with Gasteiger partial charge in [0.25, 0.3) is 0 Å². The molecule has 13 heavy (non-hydrogen) atoms. The molecule has 4 heteroatoms. The summed E-state index contributed by atoms with van der Waals surface area (Å²) in [5.74, 6) is 1.48.